The van der Waals surface area contributed by atoms with Crippen molar-refractivity contribution in [1.29, 1.82) is 0 Å². The largest absolute Gasteiger partial charge is 0.388 e. The molecule has 0 radical (unpaired) electrons. The lowest BCUT2D eigenvalue weighted by atomic mass is 10.0. The average molecular weight is 348 g/mol. The number of carbonyl (C=O) groups excluding carboxylic acids is 1. The van der Waals surface area contributed by atoms with E-state index >= 15 is 0 Å². The molecule has 0 bridgehead atoms. The fourth-order valence-corrected chi connectivity index (χ4v) is 3.25. The summed E-state index contributed by atoms with van der Waals surface area (Å²) in [5.74, 6) is -0.657. The minimum absolute atomic E-state index is 0.0151. The number of aliphatic hydroxyl groups is 1. The molecule has 2 heterocycles. The van der Waals surface area contributed by atoms with Gasteiger partial charge >= 0.3 is 0 Å². The molecule has 2 atom stereocenters. The van der Waals surface area contributed by atoms with Crippen molar-refractivity contribution >= 4 is 5.91 Å². The third-order valence-electron chi connectivity index (χ3n) is 4.45. The van der Waals surface area contributed by atoms with Crippen LogP contribution in [0.3, 0.4) is 0 Å². The summed E-state index contributed by atoms with van der Waals surface area (Å²) >= 11 is 0. The number of hydrogen-bond donors (Lipinski definition) is 1. The van der Waals surface area contributed by atoms with Crippen LogP contribution < -0.4 is 0 Å². The molecule has 1 fully saturated rings. The van der Waals surface area contributed by atoms with E-state index in [-0.39, 0.29) is 23.5 Å². The third-order valence-corrected chi connectivity index (χ3v) is 4.45. The zero-order chi connectivity index (χ0) is 18.0. The Balaban J connectivity index is 1.97. The van der Waals surface area contributed by atoms with Crippen molar-refractivity contribution in [3.8, 4) is 11.3 Å². The van der Waals surface area contributed by atoms with Crippen LogP contribution in [-0.4, -0.2) is 47.4 Å². The monoisotopic (exact) mass is 348 g/mol. The van der Waals surface area contributed by atoms with Crippen molar-refractivity contribution in [2.75, 3.05) is 20.3 Å². The number of hydrogen-bond acceptors (Lipinski definition) is 5. The summed E-state index contributed by atoms with van der Waals surface area (Å²) in [6, 6.07) is 5.66. The summed E-state index contributed by atoms with van der Waals surface area (Å²) in [7, 11) is 1.60. The molecule has 0 spiro atoms. The zero-order valence-corrected chi connectivity index (χ0v) is 14.2. The predicted molar refractivity (Wildman–Crippen MR) is 88.5 cm³/mol. The third kappa shape index (κ3) is 3.43. The van der Waals surface area contributed by atoms with Gasteiger partial charge in [-0.3, -0.25) is 4.79 Å². The maximum atomic E-state index is 13.1. The second kappa shape index (κ2) is 7.33. The van der Waals surface area contributed by atoms with Gasteiger partial charge in [-0.1, -0.05) is 5.16 Å². The Labute approximate surface area is 145 Å². The van der Waals surface area contributed by atoms with Gasteiger partial charge in [0.1, 0.15) is 11.5 Å². The van der Waals surface area contributed by atoms with E-state index in [4.69, 9.17) is 9.26 Å². The quantitative estimate of drug-likeness (QED) is 0.899. The lowest BCUT2D eigenvalue weighted by Gasteiger charge is -2.23. The molecule has 1 aromatic heterocycles. The number of halogens is 1. The highest BCUT2D eigenvalue weighted by Gasteiger charge is 2.35. The molecule has 7 heteroatoms. The minimum atomic E-state index is -0.950. The number of benzene rings is 1. The molecular weight excluding hydrogens is 327 g/mol. The summed E-state index contributed by atoms with van der Waals surface area (Å²) in [6.07, 6.45) is 0.805. The van der Waals surface area contributed by atoms with E-state index in [0.29, 0.717) is 30.0 Å². The molecule has 0 saturated carbocycles. The average Bonchev–Trinajstić information content (AvgIpc) is 3.22. The first-order valence-corrected chi connectivity index (χ1v) is 8.26. The predicted octanol–water partition coefficient (Wildman–Crippen LogP) is 2.79. The second-order valence-corrected chi connectivity index (χ2v) is 6.21. The fraction of sp³-hybridized carbons (Fsp3) is 0.444. The molecule has 1 aromatic carbocycles. The van der Waals surface area contributed by atoms with Crippen molar-refractivity contribution in [2.45, 2.75) is 31.9 Å². The molecule has 2 aromatic rings. The number of carbonyl (C=O) groups is 1. The van der Waals surface area contributed by atoms with E-state index in [0.717, 1.165) is 12.8 Å². The van der Waals surface area contributed by atoms with Crippen LogP contribution in [0.15, 0.2) is 28.8 Å². The van der Waals surface area contributed by atoms with E-state index in [1.807, 2.05) is 0 Å². The van der Waals surface area contributed by atoms with Crippen LogP contribution in [0.2, 0.25) is 0 Å². The number of nitrogens with zero attached hydrogens (tertiary/aromatic N) is 2. The van der Waals surface area contributed by atoms with Gasteiger partial charge in [-0.05, 0) is 44.0 Å². The van der Waals surface area contributed by atoms with E-state index in [1.54, 1.807) is 18.9 Å². The first-order chi connectivity index (χ1) is 12.0. The molecule has 3 rings (SSSR count). The summed E-state index contributed by atoms with van der Waals surface area (Å²) in [4.78, 5) is 14.6. The molecule has 25 heavy (non-hydrogen) atoms. The molecule has 1 aliphatic heterocycles. The van der Waals surface area contributed by atoms with E-state index in [9.17, 15) is 14.3 Å². The van der Waals surface area contributed by atoms with Crippen LogP contribution in [-0.2, 0) is 4.74 Å². The number of likely N-dealkylation sites (tertiary alicyclic amines) is 1. The lowest BCUT2D eigenvalue weighted by molar-refractivity contribution is 0.0585. The van der Waals surface area contributed by atoms with Crippen molar-refractivity contribution in [1.82, 2.24) is 10.1 Å². The normalized spacial score (nSPS) is 18.6. The second-order valence-electron chi connectivity index (χ2n) is 6.21. The van der Waals surface area contributed by atoms with E-state index in [1.165, 1.54) is 24.3 Å². The Morgan fingerprint density at radius 2 is 2.20 bits per heavy atom. The molecule has 6 nitrogen and oxygen atoms in total. The van der Waals surface area contributed by atoms with Gasteiger partial charge in [0, 0.05) is 19.2 Å². The summed E-state index contributed by atoms with van der Waals surface area (Å²) < 4.78 is 23.6. The van der Waals surface area contributed by atoms with Gasteiger partial charge in [0.15, 0.2) is 0 Å². The van der Waals surface area contributed by atoms with Crippen molar-refractivity contribution in [3.05, 3.63) is 41.4 Å². The van der Waals surface area contributed by atoms with Gasteiger partial charge in [0.2, 0.25) is 5.76 Å². The van der Waals surface area contributed by atoms with Crippen molar-refractivity contribution in [2.24, 2.45) is 0 Å². The molecular formula is C18H21FN2O4. The molecule has 1 amide bonds. The Morgan fingerprint density at radius 1 is 1.48 bits per heavy atom. The molecule has 0 aliphatic carbocycles. The Kier molecular flexibility index (Phi) is 5.15. The number of amides is 1. The fourth-order valence-electron chi connectivity index (χ4n) is 3.25. The Morgan fingerprint density at radius 3 is 2.84 bits per heavy atom. The minimum Gasteiger partial charge on any atom is -0.388 e. The van der Waals surface area contributed by atoms with Crippen LogP contribution in [0.4, 0.5) is 4.39 Å². The topological polar surface area (TPSA) is 75.8 Å². The molecule has 2 unspecified atom stereocenters. The summed E-state index contributed by atoms with van der Waals surface area (Å²) in [6.45, 7) is 2.61. The number of ether oxygens (including phenoxy) is 1. The molecule has 134 valence electrons. The number of methoxy groups -OCH3 is 1. The zero-order valence-electron chi connectivity index (χ0n) is 14.2. The number of aliphatic hydroxyl groups excluding tert-OH is 1. The van der Waals surface area contributed by atoms with Gasteiger partial charge in [0.25, 0.3) is 5.91 Å². The highest BCUT2D eigenvalue weighted by atomic mass is 19.1. The van der Waals surface area contributed by atoms with Crippen LogP contribution in [0.1, 0.15) is 42.0 Å². The standard InChI is InChI=1S/C18H21FN2O4/c1-11(22)15-16(12-5-7-13(19)8-6-12)20-25-17(15)18(23)21-9-3-4-14(21)10-24-2/h5-8,11,14,22H,3-4,9-10H2,1-2H3. The summed E-state index contributed by atoms with van der Waals surface area (Å²) in [5, 5.41) is 14.1. The molecule has 1 aliphatic rings. The van der Waals surface area contributed by atoms with E-state index < -0.39 is 6.10 Å². The first-order valence-electron chi connectivity index (χ1n) is 8.26. The Hall–Kier alpha value is -2.25. The van der Waals surface area contributed by atoms with Gasteiger partial charge in [-0.2, -0.15) is 0 Å². The van der Waals surface area contributed by atoms with Crippen LogP contribution in [0, 0.1) is 5.82 Å². The van der Waals surface area contributed by atoms with Crippen molar-refractivity contribution in [3.63, 3.8) is 0 Å². The molecule has 1 saturated heterocycles. The van der Waals surface area contributed by atoms with Gasteiger partial charge in [-0.15, -0.1) is 0 Å². The van der Waals surface area contributed by atoms with Crippen molar-refractivity contribution < 1.29 is 23.6 Å². The molecule has 1 N–H and O–H groups in total. The lowest BCUT2D eigenvalue weighted by Crippen LogP contribution is -2.38. The van der Waals surface area contributed by atoms with Crippen LogP contribution in [0.25, 0.3) is 11.3 Å². The van der Waals surface area contributed by atoms with Gasteiger partial charge in [-0.25, -0.2) is 4.39 Å². The van der Waals surface area contributed by atoms with Gasteiger partial charge in [0.05, 0.1) is 24.3 Å². The SMILES string of the molecule is COCC1CCCN1C(=O)c1onc(-c2ccc(F)cc2)c1C(C)O. The summed E-state index contributed by atoms with van der Waals surface area (Å²) in [5.41, 5.74) is 1.25. The van der Waals surface area contributed by atoms with Crippen LogP contribution >= 0.6 is 0 Å². The first kappa shape index (κ1) is 17.6. The maximum Gasteiger partial charge on any atom is 0.293 e. The highest BCUT2D eigenvalue weighted by Crippen LogP contribution is 2.32. The highest BCUT2D eigenvalue weighted by molar-refractivity contribution is 5.95. The smallest absolute Gasteiger partial charge is 0.293 e. The van der Waals surface area contributed by atoms with Gasteiger partial charge < -0.3 is 19.3 Å². The Bertz CT molecular complexity index is 742. The van der Waals surface area contributed by atoms with E-state index in [2.05, 4.69) is 5.16 Å². The number of rotatable bonds is 5. The number of aromatic nitrogens is 1. The maximum absolute atomic E-state index is 13.1. The van der Waals surface area contributed by atoms with Crippen LogP contribution in [0.5, 0.6) is 0 Å².